The molecule has 1 N–H and O–H groups in total. The van der Waals surface area contributed by atoms with E-state index in [-0.39, 0.29) is 5.54 Å². The lowest BCUT2D eigenvalue weighted by atomic mass is 9.82. The van der Waals surface area contributed by atoms with E-state index in [2.05, 4.69) is 49.5 Å². The second-order valence-electron chi connectivity index (χ2n) is 5.64. The molecule has 0 aromatic heterocycles. The van der Waals surface area contributed by atoms with Crippen molar-refractivity contribution < 1.29 is 0 Å². The van der Waals surface area contributed by atoms with Crippen molar-refractivity contribution in [2.75, 3.05) is 0 Å². The average Bonchev–Trinajstić information content (AvgIpc) is 2.39. The van der Waals surface area contributed by atoms with E-state index in [0.717, 1.165) is 19.3 Å². The number of hydrogen-bond acceptors (Lipinski definition) is 3. The van der Waals surface area contributed by atoms with Gasteiger partial charge in [0, 0.05) is 16.2 Å². The lowest BCUT2D eigenvalue weighted by Crippen LogP contribution is -2.51. The number of nitriles is 1. The van der Waals surface area contributed by atoms with Gasteiger partial charge in [-0.1, -0.05) is 18.2 Å². The van der Waals surface area contributed by atoms with Crippen molar-refractivity contribution in [3.05, 3.63) is 30.3 Å². The van der Waals surface area contributed by atoms with Crippen LogP contribution in [0.25, 0.3) is 0 Å². The molecule has 0 heterocycles. The molecule has 1 aromatic carbocycles. The number of nitrogens with zero attached hydrogens (tertiary/aromatic N) is 1. The van der Waals surface area contributed by atoms with Gasteiger partial charge in [-0.2, -0.15) is 5.26 Å². The van der Waals surface area contributed by atoms with Crippen molar-refractivity contribution in [2.24, 2.45) is 0 Å². The van der Waals surface area contributed by atoms with Crippen LogP contribution in [0.3, 0.4) is 0 Å². The molecule has 19 heavy (non-hydrogen) atoms. The highest BCUT2D eigenvalue weighted by Gasteiger charge is 2.37. The molecule has 0 spiro atoms. The summed E-state index contributed by atoms with van der Waals surface area (Å²) in [5.74, 6) is 0. The molecule has 102 valence electrons. The molecule has 2 nitrogen and oxygen atoms in total. The molecule has 0 aliphatic heterocycles. The van der Waals surface area contributed by atoms with Crippen LogP contribution in [0.5, 0.6) is 0 Å². The summed E-state index contributed by atoms with van der Waals surface area (Å²) in [6, 6.07) is 13.4. The van der Waals surface area contributed by atoms with Gasteiger partial charge in [0.15, 0.2) is 0 Å². The van der Waals surface area contributed by atoms with Gasteiger partial charge < -0.3 is 0 Å². The van der Waals surface area contributed by atoms with Crippen LogP contribution in [0.2, 0.25) is 0 Å². The third kappa shape index (κ3) is 3.99. The zero-order valence-electron chi connectivity index (χ0n) is 11.7. The molecule has 1 fully saturated rings. The molecule has 1 aliphatic rings. The van der Waals surface area contributed by atoms with Crippen molar-refractivity contribution >= 4 is 11.8 Å². The van der Waals surface area contributed by atoms with Crippen LogP contribution in [0, 0.1) is 11.3 Å². The molecular weight excluding hydrogens is 252 g/mol. The van der Waals surface area contributed by atoms with Gasteiger partial charge in [-0.3, -0.25) is 5.32 Å². The Morgan fingerprint density at radius 3 is 2.74 bits per heavy atom. The number of rotatable bonds is 4. The predicted octanol–water partition coefficient (Wildman–Crippen LogP) is 3.98. The van der Waals surface area contributed by atoms with E-state index >= 15 is 0 Å². The Balaban J connectivity index is 2.02. The van der Waals surface area contributed by atoms with E-state index < -0.39 is 0 Å². The SMILES string of the molecule is CC(C)NC1(C#N)CCCC(Sc2ccccc2)C1. The van der Waals surface area contributed by atoms with Crippen LogP contribution in [0.4, 0.5) is 0 Å². The fraction of sp³-hybridized carbons (Fsp3) is 0.562. The van der Waals surface area contributed by atoms with Crippen LogP contribution in [0.1, 0.15) is 39.5 Å². The Morgan fingerprint density at radius 2 is 2.11 bits per heavy atom. The van der Waals surface area contributed by atoms with Crippen molar-refractivity contribution in [3.8, 4) is 6.07 Å². The minimum absolute atomic E-state index is 0.321. The second-order valence-corrected chi connectivity index (χ2v) is 7.02. The van der Waals surface area contributed by atoms with Crippen LogP contribution >= 0.6 is 11.8 Å². The molecule has 0 amide bonds. The molecule has 0 saturated heterocycles. The van der Waals surface area contributed by atoms with E-state index in [9.17, 15) is 5.26 Å². The largest absolute Gasteiger partial charge is 0.297 e. The minimum atomic E-state index is -0.321. The average molecular weight is 274 g/mol. The van der Waals surface area contributed by atoms with Gasteiger partial charge >= 0.3 is 0 Å². The number of benzene rings is 1. The third-order valence-electron chi connectivity index (χ3n) is 3.53. The van der Waals surface area contributed by atoms with Crippen molar-refractivity contribution in [1.29, 1.82) is 5.26 Å². The third-order valence-corrected chi connectivity index (χ3v) is 4.81. The highest BCUT2D eigenvalue weighted by molar-refractivity contribution is 8.00. The van der Waals surface area contributed by atoms with Gasteiger partial charge in [-0.15, -0.1) is 11.8 Å². The molecule has 0 bridgehead atoms. The smallest absolute Gasteiger partial charge is 0.108 e. The standard InChI is InChI=1S/C16H22N2S/c1-13(2)18-16(12-17)10-6-9-15(11-16)19-14-7-4-3-5-8-14/h3-5,7-8,13,15,18H,6,9-11H2,1-2H3. The predicted molar refractivity (Wildman–Crippen MR) is 81.2 cm³/mol. The molecule has 2 rings (SSSR count). The minimum Gasteiger partial charge on any atom is -0.297 e. The Labute approximate surface area is 120 Å². The molecule has 1 aromatic rings. The molecular formula is C16H22N2S. The van der Waals surface area contributed by atoms with Gasteiger partial charge in [0.2, 0.25) is 0 Å². The number of hydrogen-bond donors (Lipinski definition) is 1. The maximum atomic E-state index is 9.55. The Kier molecular flexibility index (Phi) is 4.90. The molecule has 1 aliphatic carbocycles. The number of thioether (sulfide) groups is 1. The zero-order chi connectivity index (χ0) is 13.7. The molecule has 2 atom stereocenters. The summed E-state index contributed by atoms with van der Waals surface area (Å²) in [7, 11) is 0. The van der Waals surface area contributed by atoms with Crippen LogP contribution in [-0.4, -0.2) is 16.8 Å². The van der Waals surface area contributed by atoms with Gasteiger partial charge in [-0.05, 0) is 51.7 Å². The summed E-state index contributed by atoms with van der Waals surface area (Å²) >= 11 is 1.92. The maximum absolute atomic E-state index is 9.55. The normalized spacial score (nSPS) is 27.2. The van der Waals surface area contributed by atoms with Crippen LogP contribution < -0.4 is 5.32 Å². The first-order valence-corrected chi connectivity index (χ1v) is 7.92. The molecule has 3 heteroatoms. The first-order valence-electron chi connectivity index (χ1n) is 7.04. The van der Waals surface area contributed by atoms with Gasteiger partial charge in [0.05, 0.1) is 6.07 Å². The van der Waals surface area contributed by atoms with E-state index in [1.165, 1.54) is 11.3 Å². The van der Waals surface area contributed by atoms with Crippen molar-refractivity contribution in [3.63, 3.8) is 0 Å². The summed E-state index contributed by atoms with van der Waals surface area (Å²) < 4.78 is 0. The Hall–Kier alpha value is -0.980. The summed E-state index contributed by atoms with van der Waals surface area (Å²) in [6.45, 7) is 4.24. The van der Waals surface area contributed by atoms with E-state index in [1.54, 1.807) is 0 Å². The highest BCUT2D eigenvalue weighted by atomic mass is 32.2. The lowest BCUT2D eigenvalue weighted by molar-refractivity contribution is 0.284. The maximum Gasteiger partial charge on any atom is 0.108 e. The van der Waals surface area contributed by atoms with Crippen LogP contribution in [-0.2, 0) is 0 Å². The Bertz CT molecular complexity index is 438. The van der Waals surface area contributed by atoms with Crippen LogP contribution in [0.15, 0.2) is 35.2 Å². The topological polar surface area (TPSA) is 35.8 Å². The summed E-state index contributed by atoms with van der Waals surface area (Å²) in [6.07, 6.45) is 4.27. The summed E-state index contributed by atoms with van der Waals surface area (Å²) in [4.78, 5) is 1.31. The molecule has 2 unspecified atom stereocenters. The quantitative estimate of drug-likeness (QED) is 0.902. The molecule has 1 saturated carbocycles. The lowest BCUT2D eigenvalue weighted by Gasteiger charge is -2.37. The fourth-order valence-electron chi connectivity index (χ4n) is 2.83. The monoisotopic (exact) mass is 274 g/mol. The Morgan fingerprint density at radius 1 is 1.37 bits per heavy atom. The van der Waals surface area contributed by atoms with Gasteiger partial charge in [-0.25, -0.2) is 0 Å². The van der Waals surface area contributed by atoms with Crippen molar-refractivity contribution in [2.45, 2.75) is 61.3 Å². The van der Waals surface area contributed by atoms with Gasteiger partial charge in [0.1, 0.15) is 5.54 Å². The fourth-order valence-corrected chi connectivity index (χ4v) is 4.19. The summed E-state index contributed by atoms with van der Waals surface area (Å²) in [5, 5.41) is 13.6. The summed E-state index contributed by atoms with van der Waals surface area (Å²) in [5.41, 5.74) is -0.321. The van der Waals surface area contributed by atoms with Crippen molar-refractivity contribution in [1.82, 2.24) is 5.32 Å². The highest BCUT2D eigenvalue weighted by Crippen LogP contribution is 2.38. The van der Waals surface area contributed by atoms with E-state index in [0.29, 0.717) is 11.3 Å². The number of nitrogens with one attached hydrogen (secondary N) is 1. The van der Waals surface area contributed by atoms with E-state index in [4.69, 9.17) is 0 Å². The van der Waals surface area contributed by atoms with E-state index in [1.807, 2.05) is 17.8 Å². The zero-order valence-corrected chi connectivity index (χ0v) is 12.5. The van der Waals surface area contributed by atoms with Gasteiger partial charge in [0.25, 0.3) is 0 Å². The first kappa shape index (κ1) is 14.4. The first-order chi connectivity index (χ1) is 9.13. The molecule has 0 radical (unpaired) electrons. The second kappa shape index (κ2) is 6.45.